The lowest BCUT2D eigenvalue weighted by Gasteiger charge is -2.28. The molecular weight excluding hydrogens is 200 g/mol. The Bertz CT molecular complexity index is 467. The van der Waals surface area contributed by atoms with Gasteiger partial charge >= 0.3 is 0 Å². The van der Waals surface area contributed by atoms with Gasteiger partial charge in [0.25, 0.3) is 0 Å². The lowest BCUT2D eigenvalue weighted by atomic mass is 9.86. The van der Waals surface area contributed by atoms with Gasteiger partial charge in [-0.05, 0) is 42.0 Å². The van der Waals surface area contributed by atoms with Crippen LogP contribution >= 0.6 is 0 Å². The predicted molar refractivity (Wildman–Crippen MR) is 62.8 cm³/mol. The average molecular weight is 216 g/mol. The summed E-state index contributed by atoms with van der Waals surface area (Å²) in [6.45, 7) is 2.42. The molecule has 0 bridgehead atoms. The third kappa shape index (κ3) is 1.17. The van der Waals surface area contributed by atoms with E-state index in [2.05, 4.69) is 6.07 Å². The van der Waals surface area contributed by atoms with E-state index in [1.807, 2.05) is 11.0 Å². The van der Waals surface area contributed by atoms with Gasteiger partial charge in [0.15, 0.2) is 0 Å². The minimum atomic E-state index is 0.174. The molecule has 2 N–H and O–H groups in total. The average Bonchev–Trinajstić information content (AvgIpc) is 2.64. The largest absolute Gasteiger partial charge is 0.398 e. The number of anilines is 1. The Morgan fingerprint density at radius 2 is 2.31 bits per heavy atom. The van der Waals surface area contributed by atoms with Gasteiger partial charge < -0.3 is 10.6 Å². The molecule has 1 aliphatic heterocycles. The van der Waals surface area contributed by atoms with Crippen molar-refractivity contribution < 1.29 is 4.79 Å². The third-order valence-electron chi connectivity index (χ3n) is 3.84. The van der Waals surface area contributed by atoms with Crippen molar-refractivity contribution in [3.8, 4) is 0 Å². The van der Waals surface area contributed by atoms with E-state index < -0.39 is 0 Å². The Labute approximate surface area is 95.2 Å². The van der Waals surface area contributed by atoms with E-state index >= 15 is 0 Å². The van der Waals surface area contributed by atoms with Gasteiger partial charge in [0, 0.05) is 19.2 Å². The Kier molecular flexibility index (Phi) is 1.96. The van der Waals surface area contributed by atoms with Crippen molar-refractivity contribution in [3.63, 3.8) is 0 Å². The smallest absolute Gasteiger partial charge is 0.220 e. The summed E-state index contributed by atoms with van der Waals surface area (Å²) >= 11 is 0. The molecule has 0 fully saturated rings. The predicted octanol–water partition coefficient (Wildman–Crippen LogP) is 2.01. The van der Waals surface area contributed by atoms with Crippen LogP contribution in [0.2, 0.25) is 0 Å². The summed E-state index contributed by atoms with van der Waals surface area (Å²) in [5, 5.41) is 0. The lowest BCUT2D eigenvalue weighted by Crippen LogP contribution is -2.28. The summed E-state index contributed by atoms with van der Waals surface area (Å²) in [6, 6.07) is 4.36. The molecule has 16 heavy (non-hydrogen) atoms. The Morgan fingerprint density at radius 1 is 1.50 bits per heavy atom. The van der Waals surface area contributed by atoms with Crippen molar-refractivity contribution >= 4 is 11.6 Å². The van der Waals surface area contributed by atoms with Crippen LogP contribution in [-0.4, -0.2) is 10.8 Å². The molecule has 1 amide bonds. The molecule has 1 unspecified atom stereocenters. The van der Waals surface area contributed by atoms with Gasteiger partial charge in [-0.25, -0.2) is 0 Å². The molecule has 1 aromatic carbocycles. The monoisotopic (exact) mass is 216 g/mol. The second kappa shape index (κ2) is 3.24. The first-order chi connectivity index (χ1) is 7.68. The number of hydrogen-bond donors (Lipinski definition) is 1. The van der Waals surface area contributed by atoms with Crippen LogP contribution in [0, 0.1) is 0 Å². The first kappa shape index (κ1) is 9.70. The number of rotatable bonds is 0. The maximum absolute atomic E-state index is 11.6. The molecule has 0 radical (unpaired) electrons. The number of hydrogen-bond acceptors (Lipinski definition) is 2. The molecule has 0 saturated carbocycles. The fourth-order valence-electron chi connectivity index (χ4n) is 3.11. The molecular formula is C13H16N2O. The lowest BCUT2D eigenvalue weighted by molar-refractivity contribution is -0.131. The Morgan fingerprint density at radius 3 is 3.06 bits per heavy atom. The first-order valence-corrected chi connectivity index (χ1v) is 5.86. The molecule has 0 aromatic heterocycles. The Balaban J connectivity index is 2.15. The number of amides is 1. The van der Waals surface area contributed by atoms with Crippen molar-refractivity contribution in [1.82, 2.24) is 4.90 Å². The minimum absolute atomic E-state index is 0.174. The number of carbonyl (C=O) groups excluding carboxylic acids is 1. The van der Waals surface area contributed by atoms with Crippen molar-refractivity contribution in [2.24, 2.45) is 0 Å². The summed E-state index contributed by atoms with van der Waals surface area (Å²) in [7, 11) is 0. The molecule has 0 spiro atoms. The van der Waals surface area contributed by atoms with E-state index in [0.29, 0.717) is 6.04 Å². The summed E-state index contributed by atoms with van der Waals surface area (Å²) in [6.07, 6.45) is 3.29. The summed E-state index contributed by atoms with van der Waals surface area (Å²) in [4.78, 5) is 13.6. The van der Waals surface area contributed by atoms with Crippen LogP contribution in [0.15, 0.2) is 12.1 Å². The zero-order chi connectivity index (χ0) is 11.3. The molecule has 0 saturated heterocycles. The molecule has 2 aliphatic rings. The van der Waals surface area contributed by atoms with Gasteiger partial charge in [-0.2, -0.15) is 0 Å². The second-order valence-electron chi connectivity index (χ2n) is 4.76. The molecule has 3 nitrogen and oxygen atoms in total. The fraction of sp³-hybridized carbons (Fsp3) is 0.462. The van der Waals surface area contributed by atoms with Gasteiger partial charge in [-0.3, -0.25) is 4.79 Å². The highest BCUT2D eigenvalue weighted by atomic mass is 16.2. The maximum atomic E-state index is 11.6. The molecule has 3 heteroatoms. The van der Waals surface area contributed by atoms with Gasteiger partial charge in [0.2, 0.25) is 5.91 Å². The summed E-state index contributed by atoms with van der Waals surface area (Å²) in [5.41, 5.74) is 10.8. The van der Waals surface area contributed by atoms with Crippen molar-refractivity contribution in [2.45, 2.75) is 38.8 Å². The van der Waals surface area contributed by atoms with Crippen LogP contribution in [0.25, 0.3) is 0 Å². The summed E-state index contributed by atoms with van der Waals surface area (Å²) in [5.74, 6) is 0.174. The maximum Gasteiger partial charge on any atom is 0.220 e. The number of nitrogens with zero attached hydrogens (tertiary/aromatic N) is 1. The quantitative estimate of drug-likeness (QED) is 0.674. The van der Waals surface area contributed by atoms with E-state index in [9.17, 15) is 4.79 Å². The second-order valence-corrected chi connectivity index (χ2v) is 4.76. The molecule has 3 rings (SSSR count). The van der Waals surface area contributed by atoms with Crippen LogP contribution in [0.1, 0.15) is 42.5 Å². The summed E-state index contributed by atoms with van der Waals surface area (Å²) < 4.78 is 0. The van der Waals surface area contributed by atoms with Gasteiger partial charge in [0.05, 0.1) is 6.04 Å². The van der Waals surface area contributed by atoms with Crippen molar-refractivity contribution in [1.29, 1.82) is 0 Å². The van der Waals surface area contributed by atoms with E-state index in [0.717, 1.165) is 31.5 Å². The molecule has 1 heterocycles. The zero-order valence-electron chi connectivity index (χ0n) is 9.49. The topological polar surface area (TPSA) is 46.3 Å². The number of nitrogens with two attached hydrogens (primary N) is 1. The van der Waals surface area contributed by atoms with Crippen LogP contribution < -0.4 is 5.73 Å². The number of nitrogen functional groups attached to an aromatic ring is 1. The third-order valence-corrected chi connectivity index (χ3v) is 3.84. The van der Waals surface area contributed by atoms with Gasteiger partial charge in [-0.15, -0.1) is 0 Å². The first-order valence-electron chi connectivity index (χ1n) is 5.86. The normalized spacial score (nSPS) is 22.1. The van der Waals surface area contributed by atoms with Crippen molar-refractivity contribution in [2.75, 3.05) is 5.73 Å². The minimum Gasteiger partial charge on any atom is -0.398 e. The zero-order valence-corrected chi connectivity index (χ0v) is 9.49. The van der Waals surface area contributed by atoms with Crippen LogP contribution in [0.4, 0.5) is 5.69 Å². The van der Waals surface area contributed by atoms with Crippen LogP contribution in [0.5, 0.6) is 0 Å². The molecule has 1 aromatic rings. The van der Waals surface area contributed by atoms with E-state index in [-0.39, 0.29) is 5.91 Å². The van der Waals surface area contributed by atoms with Crippen molar-refractivity contribution in [3.05, 3.63) is 28.8 Å². The highest BCUT2D eigenvalue weighted by Crippen LogP contribution is 2.44. The van der Waals surface area contributed by atoms with Gasteiger partial charge in [-0.1, -0.05) is 6.07 Å². The van der Waals surface area contributed by atoms with Gasteiger partial charge in [0.1, 0.15) is 0 Å². The molecule has 84 valence electrons. The van der Waals surface area contributed by atoms with E-state index in [1.54, 1.807) is 6.92 Å². The Hall–Kier alpha value is -1.51. The fourth-order valence-corrected chi connectivity index (χ4v) is 3.11. The molecule has 1 aliphatic carbocycles. The molecule has 1 atom stereocenters. The highest BCUT2D eigenvalue weighted by Gasteiger charge is 2.36. The van der Waals surface area contributed by atoms with E-state index in [4.69, 9.17) is 5.73 Å². The number of benzene rings is 1. The standard InChI is InChI=1S/C13H16N2O/c1-8(16)15-7-9-5-6-11(14)10-3-2-4-12(15)13(9)10/h5-6,12H,2-4,7,14H2,1H3. The number of carbonyl (C=O) groups is 1. The van der Waals surface area contributed by atoms with Crippen LogP contribution in [-0.2, 0) is 17.8 Å². The highest BCUT2D eigenvalue weighted by molar-refractivity contribution is 5.76. The SMILES string of the molecule is CC(=O)N1Cc2ccc(N)c3c2C1CCC3. The van der Waals surface area contributed by atoms with Crippen LogP contribution in [0.3, 0.4) is 0 Å². The van der Waals surface area contributed by atoms with E-state index in [1.165, 1.54) is 16.7 Å².